The van der Waals surface area contributed by atoms with E-state index in [9.17, 15) is 9.59 Å². The van der Waals surface area contributed by atoms with E-state index in [1.807, 2.05) is 4.90 Å². The molecule has 1 aliphatic carbocycles. The molecule has 1 N–H and O–H groups in total. The molecule has 108 valence electrons. The third kappa shape index (κ3) is 3.28. The quantitative estimate of drug-likeness (QED) is 0.836. The maximum Gasteiger partial charge on any atom is 0.306 e. The average molecular weight is 267 g/mol. The van der Waals surface area contributed by atoms with Gasteiger partial charge in [-0.2, -0.15) is 0 Å². The fourth-order valence-corrected chi connectivity index (χ4v) is 3.47. The number of carbonyl (C=O) groups is 2. The van der Waals surface area contributed by atoms with Gasteiger partial charge in [-0.3, -0.25) is 9.59 Å². The first-order chi connectivity index (χ1) is 8.99. The summed E-state index contributed by atoms with van der Waals surface area (Å²) in [7, 11) is 0. The van der Waals surface area contributed by atoms with E-state index in [1.54, 1.807) is 0 Å². The Morgan fingerprint density at radius 2 is 1.74 bits per heavy atom. The zero-order valence-electron chi connectivity index (χ0n) is 12.0. The van der Waals surface area contributed by atoms with Gasteiger partial charge in [0.05, 0.1) is 5.92 Å². The lowest BCUT2D eigenvalue weighted by Gasteiger charge is -2.40. The van der Waals surface area contributed by atoms with Gasteiger partial charge in [-0.15, -0.1) is 0 Å². The number of carboxylic acid groups (broad SMARTS) is 1. The van der Waals surface area contributed by atoms with Crippen LogP contribution >= 0.6 is 0 Å². The minimum Gasteiger partial charge on any atom is -0.481 e. The third-order valence-corrected chi connectivity index (χ3v) is 4.77. The molecule has 2 fully saturated rings. The van der Waals surface area contributed by atoms with E-state index < -0.39 is 5.97 Å². The highest BCUT2D eigenvalue weighted by molar-refractivity contribution is 5.80. The number of hydrogen-bond donors (Lipinski definition) is 1. The minimum absolute atomic E-state index is 0.0670. The number of carboxylic acids is 1. The van der Waals surface area contributed by atoms with Crippen molar-refractivity contribution >= 4 is 11.9 Å². The fourth-order valence-electron chi connectivity index (χ4n) is 3.47. The number of rotatable bonds is 2. The molecule has 0 aromatic carbocycles. The van der Waals surface area contributed by atoms with Crippen LogP contribution in [0.1, 0.15) is 52.4 Å². The molecule has 1 heterocycles. The van der Waals surface area contributed by atoms with Gasteiger partial charge < -0.3 is 10.0 Å². The molecule has 0 spiro atoms. The first kappa shape index (κ1) is 14.4. The number of nitrogens with zero attached hydrogens (tertiary/aromatic N) is 1. The lowest BCUT2D eigenvalue weighted by atomic mass is 9.80. The second-order valence-corrected chi connectivity index (χ2v) is 6.42. The molecule has 4 atom stereocenters. The standard InChI is InChI=1S/C15H25NO3/c1-10-6-7-11(2)16(9-10)14(17)12-4-3-5-13(8-12)15(18)19/h10-13H,3-9H2,1-2H3,(H,18,19). The van der Waals surface area contributed by atoms with E-state index in [2.05, 4.69) is 13.8 Å². The summed E-state index contributed by atoms with van der Waals surface area (Å²) in [5, 5.41) is 9.12. The number of aliphatic carboxylic acids is 1. The summed E-state index contributed by atoms with van der Waals surface area (Å²) in [6.07, 6.45) is 5.25. The van der Waals surface area contributed by atoms with Crippen LogP contribution in [-0.4, -0.2) is 34.5 Å². The minimum atomic E-state index is -0.738. The summed E-state index contributed by atoms with van der Waals surface area (Å²) in [6, 6.07) is 0.314. The first-order valence-electron chi connectivity index (χ1n) is 7.52. The van der Waals surface area contributed by atoms with Crippen LogP contribution in [0.5, 0.6) is 0 Å². The van der Waals surface area contributed by atoms with Crippen LogP contribution in [0.4, 0.5) is 0 Å². The lowest BCUT2D eigenvalue weighted by molar-refractivity contribution is -0.147. The van der Waals surface area contributed by atoms with E-state index in [1.165, 1.54) is 6.42 Å². The van der Waals surface area contributed by atoms with E-state index in [4.69, 9.17) is 5.11 Å². The Morgan fingerprint density at radius 1 is 1.05 bits per heavy atom. The monoisotopic (exact) mass is 267 g/mol. The molecule has 0 radical (unpaired) electrons. The van der Waals surface area contributed by atoms with Crippen molar-refractivity contribution in [2.24, 2.45) is 17.8 Å². The molecule has 1 amide bonds. The maximum atomic E-state index is 12.6. The van der Waals surface area contributed by atoms with Crippen molar-refractivity contribution in [2.45, 2.75) is 58.4 Å². The van der Waals surface area contributed by atoms with E-state index in [0.717, 1.165) is 32.2 Å². The van der Waals surface area contributed by atoms with Crippen LogP contribution in [0.2, 0.25) is 0 Å². The average Bonchev–Trinajstić information content (AvgIpc) is 2.41. The summed E-state index contributed by atoms with van der Waals surface area (Å²) in [5.74, 6) is -0.357. The van der Waals surface area contributed by atoms with Crippen LogP contribution in [0.3, 0.4) is 0 Å². The van der Waals surface area contributed by atoms with Gasteiger partial charge in [0.15, 0.2) is 0 Å². The summed E-state index contributed by atoms with van der Waals surface area (Å²) in [4.78, 5) is 25.7. The fraction of sp³-hybridized carbons (Fsp3) is 0.867. The Kier molecular flexibility index (Phi) is 4.48. The highest BCUT2D eigenvalue weighted by Gasteiger charge is 2.36. The van der Waals surface area contributed by atoms with Gasteiger partial charge in [0.2, 0.25) is 5.91 Å². The maximum absolute atomic E-state index is 12.6. The predicted molar refractivity (Wildman–Crippen MR) is 72.7 cm³/mol. The molecule has 2 aliphatic rings. The third-order valence-electron chi connectivity index (χ3n) is 4.77. The van der Waals surface area contributed by atoms with Gasteiger partial charge in [0, 0.05) is 18.5 Å². The van der Waals surface area contributed by atoms with Crippen molar-refractivity contribution in [3.63, 3.8) is 0 Å². The Balaban J connectivity index is 2.00. The van der Waals surface area contributed by atoms with Crippen LogP contribution < -0.4 is 0 Å². The van der Waals surface area contributed by atoms with Crippen molar-refractivity contribution in [1.29, 1.82) is 0 Å². The zero-order valence-corrected chi connectivity index (χ0v) is 12.0. The Hall–Kier alpha value is -1.06. The topological polar surface area (TPSA) is 57.6 Å². The van der Waals surface area contributed by atoms with Crippen molar-refractivity contribution < 1.29 is 14.7 Å². The van der Waals surface area contributed by atoms with Crippen molar-refractivity contribution in [1.82, 2.24) is 4.90 Å². The molecule has 4 heteroatoms. The van der Waals surface area contributed by atoms with Crippen LogP contribution in [0, 0.1) is 17.8 Å². The SMILES string of the molecule is CC1CCC(C)N(C(=O)C2CCCC(C(=O)O)C2)C1. The lowest BCUT2D eigenvalue weighted by Crippen LogP contribution is -2.48. The van der Waals surface area contributed by atoms with Crippen molar-refractivity contribution in [3.05, 3.63) is 0 Å². The number of likely N-dealkylation sites (tertiary alicyclic amines) is 1. The molecule has 0 bridgehead atoms. The molecular formula is C15H25NO3. The van der Waals surface area contributed by atoms with Gasteiger partial charge in [0.1, 0.15) is 0 Å². The summed E-state index contributed by atoms with van der Waals surface area (Å²) >= 11 is 0. The smallest absolute Gasteiger partial charge is 0.306 e. The van der Waals surface area contributed by atoms with Gasteiger partial charge in [0.25, 0.3) is 0 Å². The Labute approximate surface area is 115 Å². The molecule has 4 nitrogen and oxygen atoms in total. The van der Waals surface area contributed by atoms with E-state index in [0.29, 0.717) is 18.4 Å². The number of piperidine rings is 1. The second-order valence-electron chi connectivity index (χ2n) is 6.42. The molecule has 1 saturated carbocycles. The number of hydrogen-bond acceptors (Lipinski definition) is 2. The molecule has 1 aliphatic heterocycles. The summed E-state index contributed by atoms with van der Waals surface area (Å²) < 4.78 is 0. The number of carbonyl (C=O) groups excluding carboxylic acids is 1. The highest BCUT2D eigenvalue weighted by Crippen LogP contribution is 2.32. The van der Waals surface area contributed by atoms with E-state index in [-0.39, 0.29) is 17.7 Å². The van der Waals surface area contributed by atoms with Gasteiger partial charge in [-0.05, 0) is 44.9 Å². The van der Waals surface area contributed by atoms with Crippen molar-refractivity contribution in [2.75, 3.05) is 6.54 Å². The first-order valence-corrected chi connectivity index (χ1v) is 7.52. The molecule has 0 aromatic heterocycles. The molecule has 1 saturated heterocycles. The predicted octanol–water partition coefficient (Wildman–Crippen LogP) is 2.52. The van der Waals surface area contributed by atoms with Gasteiger partial charge in [-0.1, -0.05) is 13.3 Å². The molecular weight excluding hydrogens is 242 g/mol. The van der Waals surface area contributed by atoms with Crippen LogP contribution in [0.25, 0.3) is 0 Å². The Bertz CT molecular complexity index is 355. The Morgan fingerprint density at radius 3 is 2.42 bits per heavy atom. The van der Waals surface area contributed by atoms with E-state index >= 15 is 0 Å². The van der Waals surface area contributed by atoms with Gasteiger partial charge in [-0.25, -0.2) is 0 Å². The second kappa shape index (κ2) is 5.93. The van der Waals surface area contributed by atoms with Crippen LogP contribution in [0.15, 0.2) is 0 Å². The molecule has 2 rings (SSSR count). The highest BCUT2D eigenvalue weighted by atomic mass is 16.4. The normalized spacial score (nSPS) is 36.0. The summed E-state index contributed by atoms with van der Waals surface area (Å²) in [6.45, 7) is 5.14. The molecule has 0 aromatic rings. The number of amides is 1. The van der Waals surface area contributed by atoms with Gasteiger partial charge >= 0.3 is 5.97 Å². The van der Waals surface area contributed by atoms with Crippen LogP contribution in [-0.2, 0) is 9.59 Å². The summed E-state index contributed by atoms with van der Waals surface area (Å²) in [5.41, 5.74) is 0. The molecule has 4 unspecified atom stereocenters. The zero-order chi connectivity index (χ0) is 14.0. The van der Waals surface area contributed by atoms with Crippen molar-refractivity contribution in [3.8, 4) is 0 Å². The molecule has 19 heavy (non-hydrogen) atoms. The largest absolute Gasteiger partial charge is 0.481 e.